The molecule has 2 rings (SSSR count). The lowest BCUT2D eigenvalue weighted by atomic mass is 9.91. The summed E-state index contributed by atoms with van der Waals surface area (Å²) in [6, 6.07) is 10.4. The SMILES string of the molecule is CN[C@@H]1C(=O)N([C@@H](C)c2ccccc2)C[C@@H]1C(C)C. The van der Waals surface area contributed by atoms with Gasteiger partial charge in [-0.25, -0.2) is 0 Å². The number of likely N-dealkylation sites (N-methyl/N-ethyl adjacent to an activating group) is 1. The van der Waals surface area contributed by atoms with Gasteiger partial charge in [-0.2, -0.15) is 0 Å². The first-order chi connectivity index (χ1) is 9.06. The molecule has 19 heavy (non-hydrogen) atoms. The van der Waals surface area contributed by atoms with Crippen LogP contribution in [0.25, 0.3) is 0 Å². The highest BCUT2D eigenvalue weighted by Crippen LogP contribution is 2.31. The molecule has 1 saturated heterocycles. The van der Waals surface area contributed by atoms with Crippen LogP contribution < -0.4 is 5.32 Å². The molecule has 104 valence electrons. The third-order valence-corrected chi connectivity index (χ3v) is 4.30. The number of hydrogen-bond acceptors (Lipinski definition) is 2. The van der Waals surface area contributed by atoms with E-state index >= 15 is 0 Å². The van der Waals surface area contributed by atoms with Gasteiger partial charge >= 0.3 is 0 Å². The molecule has 1 aromatic rings. The van der Waals surface area contributed by atoms with Crippen molar-refractivity contribution in [1.29, 1.82) is 0 Å². The number of carbonyl (C=O) groups is 1. The summed E-state index contributed by atoms with van der Waals surface area (Å²) in [5.74, 6) is 1.13. The van der Waals surface area contributed by atoms with E-state index in [0.717, 1.165) is 6.54 Å². The minimum Gasteiger partial charge on any atom is -0.334 e. The van der Waals surface area contributed by atoms with Gasteiger partial charge in [-0.3, -0.25) is 4.79 Å². The molecule has 3 nitrogen and oxygen atoms in total. The summed E-state index contributed by atoms with van der Waals surface area (Å²) in [5.41, 5.74) is 1.20. The summed E-state index contributed by atoms with van der Waals surface area (Å²) >= 11 is 0. The smallest absolute Gasteiger partial charge is 0.240 e. The fourth-order valence-electron chi connectivity index (χ4n) is 2.98. The molecule has 1 N–H and O–H groups in total. The third-order valence-electron chi connectivity index (χ3n) is 4.30. The average molecular weight is 260 g/mol. The van der Waals surface area contributed by atoms with Crippen LogP contribution in [0.15, 0.2) is 30.3 Å². The predicted molar refractivity (Wildman–Crippen MR) is 77.7 cm³/mol. The zero-order valence-corrected chi connectivity index (χ0v) is 12.3. The third kappa shape index (κ3) is 2.66. The highest BCUT2D eigenvalue weighted by atomic mass is 16.2. The van der Waals surface area contributed by atoms with E-state index in [1.165, 1.54) is 5.56 Å². The van der Waals surface area contributed by atoms with Crippen LogP contribution in [0.5, 0.6) is 0 Å². The van der Waals surface area contributed by atoms with E-state index in [-0.39, 0.29) is 18.0 Å². The normalized spacial score (nSPS) is 25.1. The van der Waals surface area contributed by atoms with Gasteiger partial charge in [0.25, 0.3) is 0 Å². The van der Waals surface area contributed by atoms with Crippen molar-refractivity contribution in [2.24, 2.45) is 11.8 Å². The second-order valence-corrected chi connectivity index (χ2v) is 5.75. The molecule has 1 aromatic carbocycles. The van der Waals surface area contributed by atoms with Crippen LogP contribution in [-0.4, -0.2) is 30.4 Å². The zero-order chi connectivity index (χ0) is 14.0. The summed E-state index contributed by atoms with van der Waals surface area (Å²) in [7, 11) is 1.88. The summed E-state index contributed by atoms with van der Waals surface area (Å²) < 4.78 is 0. The lowest BCUT2D eigenvalue weighted by molar-refractivity contribution is -0.131. The van der Waals surface area contributed by atoms with Gasteiger partial charge in [0.15, 0.2) is 0 Å². The van der Waals surface area contributed by atoms with Crippen molar-refractivity contribution in [3.8, 4) is 0 Å². The Labute approximate surface area is 116 Å². The van der Waals surface area contributed by atoms with E-state index in [1.54, 1.807) is 0 Å². The van der Waals surface area contributed by atoms with Crippen molar-refractivity contribution >= 4 is 5.91 Å². The Hall–Kier alpha value is -1.35. The van der Waals surface area contributed by atoms with Crippen LogP contribution in [0.3, 0.4) is 0 Å². The Bertz CT molecular complexity index is 430. The van der Waals surface area contributed by atoms with Gasteiger partial charge in [0.1, 0.15) is 0 Å². The summed E-state index contributed by atoms with van der Waals surface area (Å²) in [6.07, 6.45) is 0. The number of amides is 1. The fraction of sp³-hybridized carbons (Fsp3) is 0.562. The van der Waals surface area contributed by atoms with E-state index in [2.05, 4.69) is 38.2 Å². The molecule has 3 atom stereocenters. The number of rotatable bonds is 4. The van der Waals surface area contributed by atoms with E-state index < -0.39 is 0 Å². The quantitative estimate of drug-likeness (QED) is 0.902. The van der Waals surface area contributed by atoms with Gasteiger partial charge in [-0.05, 0) is 25.5 Å². The molecule has 1 fully saturated rings. The maximum atomic E-state index is 12.5. The molecule has 0 unspecified atom stereocenters. The Morgan fingerprint density at radius 2 is 1.84 bits per heavy atom. The maximum absolute atomic E-state index is 12.5. The predicted octanol–water partition coefficient (Wildman–Crippen LogP) is 2.45. The number of nitrogens with one attached hydrogen (secondary N) is 1. The lowest BCUT2D eigenvalue weighted by Crippen LogP contribution is -2.40. The molecule has 0 bridgehead atoms. The van der Waals surface area contributed by atoms with E-state index in [9.17, 15) is 4.79 Å². The molecule has 0 spiro atoms. The zero-order valence-electron chi connectivity index (χ0n) is 12.3. The first-order valence-corrected chi connectivity index (χ1v) is 7.09. The largest absolute Gasteiger partial charge is 0.334 e. The van der Waals surface area contributed by atoms with Crippen molar-refractivity contribution in [3.05, 3.63) is 35.9 Å². The maximum Gasteiger partial charge on any atom is 0.240 e. The standard InChI is InChI=1S/C16H24N2O/c1-11(2)14-10-18(16(19)15(14)17-4)12(3)13-8-6-5-7-9-13/h5-9,11-12,14-15,17H,10H2,1-4H3/t12-,14+,15-/m0/s1. The monoisotopic (exact) mass is 260 g/mol. The molecule has 0 aliphatic carbocycles. The van der Waals surface area contributed by atoms with Gasteiger partial charge in [0.05, 0.1) is 12.1 Å². The van der Waals surface area contributed by atoms with Crippen molar-refractivity contribution in [2.75, 3.05) is 13.6 Å². The average Bonchev–Trinajstić information content (AvgIpc) is 2.76. The molecule has 3 heteroatoms. The van der Waals surface area contributed by atoms with E-state index in [0.29, 0.717) is 11.8 Å². The van der Waals surface area contributed by atoms with Crippen molar-refractivity contribution in [2.45, 2.75) is 32.9 Å². The lowest BCUT2D eigenvalue weighted by Gasteiger charge is -2.25. The fourth-order valence-corrected chi connectivity index (χ4v) is 2.98. The second kappa shape index (κ2) is 5.74. The number of likely N-dealkylation sites (tertiary alicyclic amines) is 1. The highest BCUT2D eigenvalue weighted by Gasteiger charge is 2.42. The number of hydrogen-bond donors (Lipinski definition) is 1. The van der Waals surface area contributed by atoms with Crippen LogP contribution in [0.2, 0.25) is 0 Å². The molecule has 0 radical (unpaired) electrons. The van der Waals surface area contributed by atoms with E-state index in [1.807, 2.05) is 30.1 Å². The highest BCUT2D eigenvalue weighted by molar-refractivity contribution is 5.85. The Morgan fingerprint density at radius 3 is 2.32 bits per heavy atom. The number of carbonyl (C=O) groups excluding carboxylic acids is 1. The molecule has 1 amide bonds. The van der Waals surface area contributed by atoms with Crippen molar-refractivity contribution < 1.29 is 4.79 Å². The topological polar surface area (TPSA) is 32.3 Å². The van der Waals surface area contributed by atoms with Crippen molar-refractivity contribution in [1.82, 2.24) is 10.2 Å². The van der Waals surface area contributed by atoms with Crippen molar-refractivity contribution in [3.63, 3.8) is 0 Å². The first-order valence-electron chi connectivity index (χ1n) is 7.09. The molecule has 1 heterocycles. The number of nitrogens with zero attached hydrogens (tertiary/aromatic N) is 1. The molecular weight excluding hydrogens is 236 g/mol. The minimum absolute atomic E-state index is 0.0360. The van der Waals surface area contributed by atoms with Crippen LogP contribution in [0.4, 0.5) is 0 Å². The van der Waals surface area contributed by atoms with E-state index in [4.69, 9.17) is 0 Å². The van der Waals surface area contributed by atoms with Gasteiger partial charge in [-0.15, -0.1) is 0 Å². The first kappa shape index (κ1) is 14.1. The molecule has 1 aliphatic heterocycles. The van der Waals surface area contributed by atoms with Crippen LogP contribution in [0.1, 0.15) is 32.4 Å². The van der Waals surface area contributed by atoms with Gasteiger partial charge in [0, 0.05) is 12.5 Å². The van der Waals surface area contributed by atoms with Crippen LogP contribution in [0, 0.1) is 11.8 Å². The molecular formula is C16H24N2O. The van der Waals surface area contributed by atoms with Gasteiger partial charge < -0.3 is 10.2 Å². The molecule has 0 saturated carbocycles. The van der Waals surface area contributed by atoms with Gasteiger partial charge in [-0.1, -0.05) is 44.2 Å². The van der Waals surface area contributed by atoms with Gasteiger partial charge in [0.2, 0.25) is 5.91 Å². The second-order valence-electron chi connectivity index (χ2n) is 5.75. The Balaban J connectivity index is 2.20. The van der Waals surface area contributed by atoms with Crippen LogP contribution in [-0.2, 0) is 4.79 Å². The molecule has 0 aromatic heterocycles. The summed E-state index contributed by atoms with van der Waals surface area (Å²) in [6.45, 7) is 7.35. The Morgan fingerprint density at radius 1 is 1.21 bits per heavy atom. The summed E-state index contributed by atoms with van der Waals surface area (Å²) in [5, 5.41) is 3.19. The van der Waals surface area contributed by atoms with Crippen LogP contribution >= 0.6 is 0 Å². The molecule has 1 aliphatic rings. The summed E-state index contributed by atoms with van der Waals surface area (Å²) in [4.78, 5) is 14.5. The Kier molecular flexibility index (Phi) is 4.25. The minimum atomic E-state index is -0.0360. The number of benzene rings is 1.